The first-order chi connectivity index (χ1) is 12.7. The average Bonchev–Trinajstić information content (AvgIpc) is 2.67. The molecule has 2 aromatic carbocycles. The monoisotopic (exact) mass is 358 g/mol. The van der Waals surface area contributed by atoms with Crippen molar-refractivity contribution in [2.24, 2.45) is 5.73 Å². The van der Waals surface area contributed by atoms with Crippen LogP contribution in [0.4, 0.5) is 5.69 Å². The zero-order valence-electron chi connectivity index (χ0n) is 15.3. The molecule has 1 amide bonds. The minimum Gasteiger partial charge on any atom is -0.493 e. The highest BCUT2D eigenvalue weighted by Gasteiger charge is 2.11. The molecule has 6 nitrogen and oxygen atoms in total. The molecule has 0 spiro atoms. The second-order valence-corrected chi connectivity index (χ2v) is 5.68. The van der Waals surface area contributed by atoms with E-state index in [1.54, 1.807) is 49.6 Å². The van der Waals surface area contributed by atoms with E-state index < -0.39 is 0 Å². The molecule has 6 heteroatoms. The van der Waals surface area contributed by atoms with Crippen molar-refractivity contribution in [3.63, 3.8) is 0 Å². The second kappa shape index (κ2) is 10.3. The molecule has 0 atom stereocenters. The number of methoxy groups -OCH3 is 1. The lowest BCUT2D eigenvalue weighted by atomic mass is 10.1. The first-order valence-electron chi connectivity index (χ1n) is 8.73. The van der Waals surface area contributed by atoms with Gasteiger partial charge in [0.2, 0.25) is 0 Å². The molecule has 0 aromatic heterocycles. The lowest BCUT2D eigenvalue weighted by Crippen LogP contribution is -2.12. The van der Waals surface area contributed by atoms with E-state index in [-0.39, 0.29) is 5.91 Å². The molecule has 2 rings (SSSR count). The highest BCUT2D eigenvalue weighted by atomic mass is 16.5. The summed E-state index contributed by atoms with van der Waals surface area (Å²) in [6.45, 7) is 3.64. The van der Waals surface area contributed by atoms with Gasteiger partial charge in [0.25, 0.3) is 5.91 Å². The molecule has 0 fully saturated rings. The van der Waals surface area contributed by atoms with Gasteiger partial charge in [-0.25, -0.2) is 0 Å². The van der Waals surface area contributed by atoms with E-state index in [9.17, 15) is 4.79 Å². The van der Waals surface area contributed by atoms with Gasteiger partial charge in [-0.2, -0.15) is 0 Å². The molecule has 0 heterocycles. The quantitative estimate of drug-likeness (QED) is 0.636. The number of anilines is 1. The first-order valence-corrected chi connectivity index (χ1v) is 8.73. The Morgan fingerprint density at radius 2 is 1.81 bits per heavy atom. The number of hydrogen-bond acceptors (Lipinski definition) is 5. The van der Waals surface area contributed by atoms with E-state index in [1.165, 1.54) is 0 Å². The number of benzene rings is 2. The lowest BCUT2D eigenvalue weighted by molar-refractivity contribution is 0.102. The number of hydrogen-bond donors (Lipinski definition) is 2. The Balaban J connectivity index is 2.02. The maximum absolute atomic E-state index is 12.5. The Kier molecular flexibility index (Phi) is 7.76. The molecule has 0 saturated heterocycles. The summed E-state index contributed by atoms with van der Waals surface area (Å²) < 4.78 is 16.4. The molecule has 0 aliphatic heterocycles. The normalized spacial score (nSPS) is 10.3. The van der Waals surface area contributed by atoms with Gasteiger partial charge in [0.05, 0.1) is 13.7 Å². The number of unbranched alkanes of at least 4 members (excludes halogenated alkanes) is 1. The molecule has 0 aliphatic rings. The van der Waals surface area contributed by atoms with Crippen LogP contribution in [0.25, 0.3) is 0 Å². The summed E-state index contributed by atoms with van der Waals surface area (Å²) in [6.07, 6.45) is 2.02. The summed E-state index contributed by atoms with van der Waals surface area (Å²) in [5.74, 6) is 1.67. The third-order valence-electron chi connectivity index (χ3n) is 3.68. The molecule has 3 N–H and O–H groups in total. The van der Waals surface area contributed by atoms with Crippen molar-refractivity contribution in [3.8, 4) is 17.2 Å². The fraction of sp³-hybridized carbons (Fsp3) is 0.350. The first kappa shape index (κ1) is 19.6. The van der Waals surface area contributed by atoms with Crippen LogP contribution in [0.3, 0.4) is 0 Å². The fourth-order valence-electron chi connectivity index (χ4n) is 2.27. The molecule has 26 heavy (non-hydrogen) atoms. The Bertz CT molecular complexity index is 701. The van der Waals surface area contributed by atoms with Crippen LogP contribution < -0.4 is 25.3 Å². The number of ether oxygens (including phenoxy) is 3. The van der Waals surface area contributed by atoms with Gasteiger partial charge in [0.15, 0.2) is 11.5 Å². The van der Waals surface area contributed by atoms with Crippen LogP contribution in [0.15, 0.2) is 42.5 Å². The summed E-state index contributed by atoms with van der Waals surface area (Å²) in [5.41, 5.74) is 6.58. The van der Waals surface area contributed by atoms with Gasteiger partial charge >= 0.3 is 0 Å². The van der Waals surface area contributed by atoms with Gasteiger partial charge in [-0.15, -0.1) is 0 Å². The molecule has 2 aromatic rings. The third-order valence-corrected chi connectivity index (χ3v) is 3.68. The van der Waals surface area contributed by atoms with Gasteiger partial charge in [-0.1, -0.05) is 13.3 Å². The largest absolute Gasteiger partial charge is 0.493 e. The van der Waals surface area contributed by atoms with E-state index in [4.69, 9.17) is 19.9 Å². The molecule has 0 bridgehead atoms. The number of carbonyl (C=O) groups is 1. The molecule has 0 unspecified atom stereocenters. The van der Waals surface area contributed by atoms with Crippen LogP contribution in [0.2, 0.25) is 0 Å². The molecule has 0 aliphatic carbocycles. The Morgan fingerprint density at radius 3 is 2.46 bits per heavy atom. The standard InChI is InChI=1S/C20H26N2O4/c1-3-4-12-26-18-10-5-15(14-19(18)24-2)20(23)22-16-6-8-17(9-7-16)25-13-11-21/h5-10,14H,3-4,11-13,21H2,1-2H3,(H,22,23). The van der Waals surface area contributed by atoms with Crippen LogP contribution >= 0.6 is 0 Å². The predicted octanol–water partition coefficient (Wildman–Crippen LogP) is 3.46. The van der Waals surface area contributed by atoms with Crippen LogP contribution in [-0.2, 0) is 0 Å². The lowest BCUT2D eigenvalue weighted by Gasteiger charge is -2.12. The topological polar surface area (TPSA) is 82.8 Å². The van der Waals surface area contributed by atoms with Crippen molar-refractivity contribution in [1.82, 2.24) is 0 Å². The third kappa shape index (κ3) is 5.67. The van der Waals surface area contributed by atoms with Crippen LogP contribution in [-0.4, -0.2) is 32.8 Å². The van der Waals surface area contributed by atoms with Gasteiger partial charge in [-0.05, 0) is 48.9 Å². The Morgan fingerprint density at radius 1 is 1.04 bits per heavy atom. The van der Waals surface area contributed by atoms with E-state index >= 15 is 0 Å². The van der Waals surface area contributed by atoms with Crippen molar-refractivity contribution in [2.45, 2.75) is 19.8 Å². The molecule has 0 radical (unpaired) electrons. The molecule has 140 valence electrons. The molecular formula is C20H26N2O4. The number of amides is 1. The minimum atomic E-state index is -0.223. The summed E-state index contributed by atoms with van der Waals surface area (Å²) >= 11 is 0. The molecule has 0 saturated carbocycles. The molecular weight excluding hydrogens is 332 g/mol. The summed E-state index contributed by atoms with van der Waals surface area (Å²) in [7, 11) is 1.56. The average molecular weight is 358 g/mol. The van der Waals surface area contributed by atoms with Crippen molar-refractivity contribution < 1.29 is 19.0 Å². The fourth-order valence-corrected chi connectivity index (χ4v) is 2.27. The zero-order valence-corrected chi connectivity index (χ0v) is 15.3. The van der Waals surface area contributed by atoms with Gasteiger partial charge in [-0.3, -0.25) is 4.79 Å². The zero-order chi connectivity index (χ0) is 18.8. The van der Waals surface area contributed by atoms with Crippen molar-refractivity contribution in [2.75, 3.05) is 32.2 Å². The van der Waals surface area contributed by atoms with Crippen molar-refractivity contribution in [1.29, 1.82) is 0 Å². The van der Waals surface area contributed by atoms with E-state index in [1.807, 2.05) is 0 Å². The second-order valence-electron chi connectivity index (χ2n) is 5.68. The van der Waals surface area contributed by atoms with Crippen molar-refractivity contribution in [3.05, 3.63) is 48.0 Å². The smallest absolute Gasteiger partial charge is 0.255 e. The van der Waals surface area contributed by atoms with E-state index in [2.05, 4.69) is 12.2 Å². The summed E-state index contributed by atoms with van der Waals surface area (Å²) in [5, 5.41) is 2.85. The van der Waals surface area contributed by atoms with Crippen molar-refractivity contribution >= 4 is 11.6 Å². The van der Waals surface area contributed by atoms with Crippen LogP contribution in [0.5, 0.6) is 17.2 Å². The maximum atomic E-state index is 12.5. The number of nitrogens with two attached hydrogens (primary N) is 1. The van der Waals surface area contributed by atoms with Gasteiger partial charge in [0, 0.05) is 17.8 Å². The van der Waals surface area contributed by atoms with Gasteiger partial charge < -0.3 is 25.3 Å². The Hall–Kier alpha value is -2.73. The van der Waals surface area contributed by atoms with Crippen LogP contribution in [0.1, 0.15) is 30.1 Å². The van der Waals surface area contributed by atoms with Gasteiger partial charge in [0.1, 0.15) is 12.4 Å². The van der Waals surface area contributed by atoms with E-state index in [0.29, 0.717) is 48.3 Å². The predicted molar refractivity (Wildman–Crippen MR) is 102 cm³/mol. The number of carbonyl (C=O) groups excluding carboxylic acids is 1. The number of rotatable bonds is 10. The van der Waals surface area contributed by atoms with Crippen LogP contribution in [0, 0.1) is 0 Å². The minimum absolute atomic E-state index is 0.223. The highest BCUT2D eigenvalue weighted by molar-refractivity contribution is 6.04. The highest BCUT2D eigenvalue weighted by Crippen LogP contribution is 2.28. The maximum Gasteiger partial charge on any atom is 0.255 e. The van der Waals surface area contributed by atoms with E-state index in [0.717, 1.165) is 12.8 Å². The summed E-state index contributed by atoms with van der Waals surface area (Å²) in [4.78, 5) is 12.5. The number of nitrogens with one attached hydrogen (secondary N) is 1. The summed E-state index contributed by atoms with van der Waals surface area (Å²) in [6, 6.07) is 12.3. The SMILES string of the molecule is CCCCOc1ccc(C(=O)Nc2ccc(OCCN)cc2)cc1OC. The Labute approximate surface area is 154 Å².